The Bertz CT molecular complexity index is 436. The van der Waals surface area contributed by atoms with Crippen LogP contribution in [0.4, 0.5) is 4.79 Å². The molecule has 0 aliphatic carbocycles. The van der Waals surface area contributed by atoms with Crippen LogP contribution in [0.15, 0.2) is 18.2 Å². The first kappa shape index (κ1) is 11.0. The summed E-state index contributed by atoms with van der Waals surface area (Å²) in [7, 11) is 0. The Morgan fingerprint density at radius 2 is 2.00 bits per heavy atom. The fraction of sp³-hybridized carbons (Fsp3) is 0.462. The van der Waals surface area contributed by atoms with Crippen molar-refractivity contribution in [2.24, 2.45) is 0 Å². The second-order valence-corrected chi connectivity index (χ2v) is 5.02. The number of ether oxygens (including phenoxy) is 1. The SMILES string of the molecule is CC(C)c1cccc2c1OC(=O)NC2(C)C. The fourth-order valence-corrected chi connectivity index (χ4v) is 2.06. The highest BCUT2D eigenvalue weighted by Gasteiger charge is 2.34. The maximum atomic E-state index is 11.5. The molecule has 0 fully saturated rings. The molecule has 0 unspecified atom stereocenters. The second-order valence-electron chi connectivity index (χ2n) is 5.02. The van der Waals surface area contributed by atoms with Crippen molar-refractivity contribution < 1.29 is 9.53 Å². The predicted molar refractivity (Wildman–Crippen MR) is 62.7 cm³/mol. The monoisotopic (exact) mass is 219 g/mol. The maximum Gasteiger partial charge on any atom is 0.413 e. The van der Waals surface area contributed by atoms with Crippen LogP contribution in [0.3, 0.4) is 0 Å². The molecule has 0 radical (unpaired) electrons. The van der Waals surface area contributed by atoms with Gasteiger partial charge in [-0.15, -0.1) is 0 Å². The molecule has 0 spiro atoms. The van der Waals surface area contributed by atoms with Gasteiger partial charge in [0.25, 0.3) is 0 Å². The van der Waals surface area contributed by atoms with Gasteiger partial charge < -0.3 is 10.1 Å². The minimum Gasteiger partial charge on any atom is -0.410 e. The number of rotatable bonds is 1. The van der Waals surface area contributed by atoms with Gasteiger partial charge in [0.2, 0.25) is 0 Å². The smallest absolute Gasteiger partial charge is 0.410 e. The maximum absolute atomic E-state index is 11.5. The van der Waals surface area contributed by atoms with Crippen LogP contribution in [0.5, 0.6) is 5.75 Å². The molecule has 0 bridgehead atoms. The third kappa shape index (κ3) is 1.66. The van der Waals surface area contributed by atoms with E-state index in [4.69, 9.17) is 4.74 Å². The molecule has 0 atom stereocenters. The van der Waals surface area contributed by atoms with Crippen LogP contribution in [0.1, 0.15) is 44.7 Å². The summed E-state index contributed by atoms with van der Waals surface area (Å²) >= 11 is 0. The number of benzene rings is 1. The zero-order chi connectivity index (χ0) is 11.9. The Morgan fingerprint density at radius 3 is 2.62 bits per heavy atom. The van der Waals surface area contributed by atoms with E-state index in [0.717, 1.165) is 16.9 Å². The molecule has 1 aliphatic rings. The summed E-state index contributed by atoms with van der Waals surface area (Å²) in [5.41, 5.74) is 1.76. The van der Waals surface area contributed by atoms with E-state index in [2.05, 4.69) is 19.2 Å². The largest absolute Gasteiger partial charge is 0.413 e. The van der Waals surface area contributed by atoms with Gasteiger partial charge in [0.1, 0.15) is 5.75 Å². The highest BCUT2D eigenvalue weighted by atomic mass is 16.6. The molecule has 1 heterocycles. The summed E-state index contributed by atoms with van der Waals surface area (Å²) < 4.78 is 5.31. The lowest BCUT2D eigenvalue weighted by Gasteiger charge is -2.34. The van der Waals surface area contributed by atoms with E-state index in [1.54, 1.807) is 0 Å². The number of para-hydroxylation sites is 1. The number of hydrogen-bond acceptors (Lipinski definition) is 2. The number of nitrogens with one attached hydrogen (secondary N) is 1. The highest BCUT2D eigenvalue weighted by molar-refractivity contribution is 5.76. The number of carbonyl (C=O) groups excluding carboxylic acids is 1. The normalized spacial score (nSPS) is 17.7. The van der Waals surface area contributed by atoms with E-state index < -0.39 is 0 Å². The Morgan fingerprint density at radius 1 is 1.31 bits per heavy atom. The Labute approximate surface area is 95.8 Å². The van der Waals surface area contributed by atoms with Gasteiger partial charge in [-0.2, -0.15) is 0 Å². The fourth-order valence-electron chi connectivity index (χ4n) is 2.06. The van der Waals surface area contributed by atoms with Crippen molar-refractivity contribution in [1.29, 1.82) is 0 Å². The first-order chi connectivity index (χ1) is 7.42. The quantitative estimate of drug-likeness (QED) is 0.788. The lowest BCUT2D eigenvalue weighted by atomic mass is 9.88. The topological polar surface area (TPSA) is 38.3 Å². The highest BCUT2D eigenvalue weighted by Crippen LogP contribution is 2.38. The molecular formula is C13H17NO2. The zero-order valence-corrected chi connectivity index (χ0v) is 10.1. The van der Waals surface area contributed by atoms with Gasteiger partial charge in [0, 0.05) is 5.56 Å². The van der Waals surface area contributed by atoms with Crippen molar-refractivity contribution in [3.63, 3.8) is 0 Å². The molecule has 0 aromatic heterocycles. The summed E-state index contributed by atoms with van der Waals surface area (Å²) in [6.07, 6.45) is -0.370. The number of hydrogen-bond donors (Lipinski definition) is 1. The molecule has 86 valence electrons. The molecule has 3 heteroatoms. The average Bonchev–Trinajstić information content (AvgIpc) is 2.15. The van der Waals surface area contributed by atoms with Crippen LogP contribution in [0.2, 0.25) is 0 Å². The Kier molecular flexibility index (Phi) is 2.41. The van der Waals surface area contributed by atoms with Crippen LogP contribution in [-0.4, -0.2) is 6.09 Å². The summed E-state index contributed by atoms with van der Waals surface area (Å²) in [4.78, 5) is 11.5. The first-order valence-electron chi connectivity index (χ1n) is 5.55. The summed E-state index contributed by atoms with van der Waals surface area (Å²) in [5, 5.41) is 2.82. The summed E-state index contributed by atoms with van der Waals surface area (Å²) in [6, 6.07) is 6.02. The molecular weight excluding hydrogens is 202 g/mol. The van der Waals surface area contributed by atoms with Crippen molar-refractivity contribution >= 4 is 6.09 Å². The van der Waals surface area contributed by atoms with Gasteiger partial charge in [0.05, 0.1) is 5.54 Å². The van der Waals surface area contributed by atoms with Crippen molar-refractivity contribution in [3.8, 4) is 5.75 Å². The molecule has 1 amide bonds. The van der Waals surface area contributed by atoms with E-state index >= 15 is 0 Å². The van der Waals surface area contributed by atoms with E-state index in [-0.39, 0.29) is 11.6 Å². The van der Waals surface area contributed by atoms with Crippen LogP contribution in [0.25, 0.3) is 0 Å². The molecule has 0 saturated carbocycles. The number of amides is 1. The lowest BCUT2D eigenvalue weighted by molar-refractivity contribution is 0.176. The average molecular weight is 219 g/mol. The minimum atomic E-state index is -0.370. The van der Waals surface area contributed by atoms with Gasteiger partial charge in [-0.1, -0.05) is 32.0 Å². The van der Waals surface area contributed by atoms with Crippen molar-refractivity contribution in [3.05, 3.63) is 29.3 Å². The molecule has 3 nitrogen and oxygen atoms in total. The van der Waals surface area contributed by atoms with Crippen molar-refractivity contribution in [1.82, 2.24) is 5.32 Å². The molecule has 1 aromatic rings. The Balaban J connectivity index is 2.62. The van der Waals surface area contributed by atoms with Crippen LogP contribution in [-0.2, 0) is 5.54 Å². The third-order valence-corrected chi connectivity index (χ3v) is 2.95. The van der Waals surface area contributed by atoms with Gasteiger partial charge >= 0.3 is 6.09 Å². The van der Waals surface area contributed by atoms with E-state index in [1.807, 2.05) is 32.0 Å². The molecule has 16 heavy (non-hydrogen) atoms. The van der Waals surface area contributed by atoms with Gasteiger partial charge in [-0.05, 0) is 25.3 Å². The van der Waals surface area contributed by atoms with Crippen molar-refractivity contribution in [2.75, 3.05) is 0 Å². The van der Waals surface area contributed by atoms with Crippen LogP contribution < -0.4 is 10.1 Å². The molecule has 1 N–H and O–H groups in total. The van der Waals surface area contributed by atoms with E-state index in [0.29, 0.717) is 5.92 Å². The molecule has 0 saturated heterocycles. The van der Waals surface area contributed by atoms with Gasteiger partial charge in [0.15, 0.2) is 0 Å². The Hall–Kier alpha value is -1.51. The molecule has 2 rings (SSSR count). The lowest BCUT2D eigenvalue weighted by Crippen LogP contribution is -2.46. The number of carbonyl (C=O) groups is 1. The second kappa shape index (κ2) is 3.51. The van der Waals surface area contributed by atoms with E-state index in [9.17, 15) is 4.79 Å². The van der Waals surface area contributed by atoms with Crippen LogP contribution in [0, 0.1) is 0 Å². The number of fused-ring (bicyclic) bond motifs is 1. The first-order valence-corrected chi connectivity index (χ1v) is 5.55. The predicted octanol–water partition coefficient (Wildman–Crippen LogP) is 3.15. The van der Waals surface area contributed by atoms with Crippen LogP contribution >= 0.6 is 0 Å². The van der Waals surface area contributed by atoms with Gasteiger partial charge in [-0.25, -0.2) is 4.79 Å². The minimum absolute atomic E-state index is 0.344. The molecule has 1 aromatic carbocycles. The molecule has 1 aliphatic heterocycles. The van der Waals surface area contributed by atoms with E-state index in [1.165, 1.54) is 0 Å². The summed E-state index contributed by atoms with van der Waals surface area (Å²) in [5.74, 6) is 1.07. The third-order valence-electron chi connectivity index (χ3n) is 2.95. The summed E-state index contributed by atoms with van der Waals surface area (Å²) in [6.45, 7) is 8.16. The van der Waals surface area contributed by atoms with Gasteiger partial charge in [-0.3, -0.25) is 0 Å². The zero-order valence-electron chi connectivity index (χ0n) is 10.1. The van der Waals surface area contributed by atoms with Crippen molar-refractivity contribution in [2.45, 2.75) is 39.2 Å². The standard InChI is InChI=1S/C13H17NO2/c1-8(2)9-6-5-7-10-11(9)16-12(15)14-13(10,3)4/h5-8H,1-4H3,(H,14,15).